The van der Waals surface area contributed by atoms with Gasteiger partial charge < -0.3 is 5.73 Å². The van der Waals surface area contributed by atoms with Crippen LogP contribution in [0.5, 0.6) is 0 Å². The summed E-state index contributed by atoms with van der Waals surface area (Å²) in [6, 6.07) is 5.85. The molecule has 2 N–H and O–H groups in total. The zero-order chi connectivity index (χ0) is 8.43. The fraction of sp³-hybridized carbons (Fsp3) is 0.333. The van der Waals surface area contributed by atoms with Crippen LogP contribution in [0.2, 0.25) is 5.02 Å². The Balaban J connectivity index is 3.13. The van der Waals surface area contributed by atoms with Gasteiger partial charge in [-0.15, -0.1) is 0 Å². The van der Waals surface area contributed by atoms with Crippen LogP contribution in [0, 0.1) is 6.92 Å². The summed E-state index contributed by atoms with van der Waals surface area (Å²) < 4.78 is 0. The lowest BCUT2D eigenvalue weighted by molar-refractivity contribution is 0.810. The number of rotatable bonds is 1. The molecule has 0 aliphatic heterocycles. The van der Waals surface area contributed by atoms with Crippen molar-refractivity contribution >= 4 is 11.6 Å². The molecule has 1 nitrogen and oxygen atoms in total. The van der Waals surface area contributed by atoms with E-state index in [2.05, 4.69) is 0 Å². The number of aryl methyl sites for hydroxylation is 1. The lowest BCUT2D eigenvalue weighted by Gasteiger charge is -2.09. The third-order valence-corrected chi connectivity index (χ3v) is 1.97. The largest absolute Gasteiger partial charge is 0.324 e. The van der Waals surface area contributed by atoms with Crippen LogP contribution in [-0.4, -0.2) is 0 Å². The molecular weight excluding hydrogens is 158 g/mol. The van der Waals surface area contributed by atoms with Gasteiger partial charge >= 0.3 is 0 Å². The molecule has 0 bridgehead atoms. The predicted octanol–water partition coefficient (Wildman–Crippen LogP) is 2.67. The molecule has 0 unspecified atom stereocenters. The Morgan fingerprint density at radius 3 is 2.55 bits per heavy atom. The molecule has 1 atom stereocenters. The second-order valence-corrected chi connectivity index (χ2v) is 3.23. The van der Waals surface area contributed by atoms with Gasteiger partial charge in [0.15, 0.2) is 0 Å². The molecule has 1 aromatic carbocycles. The van der Waals surface area contributed by atoms with Gasteiger partial charge in [-0.1, -0.05) is 17.7 Å². The number of halogens is 1. The van der Waals surface area contributed by atoms with Crippen molar-refractivity contribution in [1.29, 1.82) is 0 Å². The van der Waals surface area contributed by atoms with Crippen molar-refractivity contribution < 1.29 is 0 Å². The quantitative estimate of drug-likeness (QED) is 0.688. The first-order valence-electron chi connectivity index (χ1n) is 3.63. The van der Waals surface area contributed by atoms with E-state index in [1.54, 1.807) is 0 Å². The molecule has 1 aromatic rings. The Kier molecular flexibility index (Phi) is 2.53. The lowest BCUT2D eigenvalue weighted by Crippen LogP contribution is -2.06. The van der Waals surface area contributed by atoms with Crippen molar-refractivity contribution in [1.82, 2.24) is 0 Å². The highest BCUT2D eigenvalue weighted by molar-refractivity contribution is 6.30. The van der Waals surface area contributed by atoms with Crippen LogP contribution in [0.1, 0.15) is 24.1 Å². The fourth-order valence-electron chi connectivity index (χ4n) is 1.10. The van der Waals surface area contributed by atoms with Crippen molar-refractivity contribution in [3.63, 3.8) is 0 Å². The van der Waals surface area contributed by atoms with Crippen molar-refractivity contribution in [2.75, 3.05) is 0 Å². The average Bonchev–Trinajstić information content (AvgIpc) is 1.94. The Labute approximate surface area is 72.2 Å². The summed E-state index contributed by atoms with van der Waals surface area (Å²) in [5.41, 5.74) is 8.05. The van der Waals surface area contributed by atoms with E-state index >= 15 is 0 Å². The molecule has 0 aliphatic carbocycles. The molecule has 60 valence electrons. The molecule has 0 spiro atoms. The van der Waals surface area contributed by atoms with Gasteiger partial charge in [0.1, 0.15) is 0 Å². The summed E-state index contributed by atoms with van der Waals surface area (Å²) in [4.78, 5) is 0. The highest BCUT2D eigenvalue weighted by Gasteiger charge is 2.02. The smallest absolute Gasteiger partial charge is 0.0409 e. The van der Waals surface area contributed by atoms with E-state index in [4.69, 9.17) is 17.3 Å². The molecule has 0 amide bonds. The van der Waals surface area contributed by atoms with E-state index in [1.165, 1.54) is 5.56 Å². The molecule has 11 heavy (non-hydrogen) atoms. The third-order valence-electron chi connectivity index (χ3n) is 1.73. The molecule has 0 saturated heterocycles. The highest BCUT2D eigenvalue weighted by atomic mass is 35.5. The number of nitrogens with two attached hydrogens (primary N) is 1. The molecule has 1 rings (SSSR count). The van der Waals surface area contributed by atoms with Crippen LogP contribution >= 0.6 is 11.6 Å². The minimum Gasteiger partial charge on any atom is -0.324 e. The van der Waals surface area contributed by atoms with Gasteiger partial charge in [0.05, 0.1) is 0 Å². The maximum absolute atomic E-state index is 5.81. The first-order valence-corrected chi connectivity index (χ1v) is 4.00. The maximum Gasteiger partial charge on any atom is 0.0409 e. The lowest BCUT2D eigenvalue weighted by atomic mass is 10.0. The third kappa shape index (κ3) is 1.95. The standard InChI is InChI=1S/C9H12ClN/c1-6-3-4-8(10)5-9(6)7(2)11/h3-5,7H,11H2,1-2H3/t7-/m1/s1. The molecule has 0 fully saturated rings. The monoisotopic (exact) mass is 169 g/mol. The van der Waals surface area contributed by atoms with Crippen LogP contribution in [-0.2, 0) is 0 Å². The summed E-state index contributed by atoms with van der Waals surface area (Å²) in [6.45, 7) is 3.99. The van der Waals surface area contributed by atoms with Crippen molar-refractivity contribution in [2.45, 2.75) is 19.9 Å². The van der Waals surface area contributed by atoms with Crippen molar-refractivity contribution in [2.24, 2.45) is 5.73 Å². The Morgan fingerprint density at radius 1 is 1.45 bits per heavy atom. The SMILES string of the molecule is Cc1ccc(Cl)cc1[C@@H](C)N. The van der Waals surface area contributed by atoms with Gasteiger partial charge in [-0.05, 0) is 37.1 Å². The zero-order valence-corrected chi connectivity index (χ0v) is 7.52. The summed E-state index contributed by atoms with van der Waals surface area (Å²) in [5.74, 6) is 0. The van der Waals surface area contributed by atoms with Crippen LogP contribution in [0.25, 0.3) is 0 Å². The zero-order valence-electron chi connectivity index (χ0n) is 6.76. The topological polar surface area (TPSA) is 26.0 Å². The van der Waals surface area contributed by atoms with Crippen LogP contribution in [0.3, 0.4) is 0 Å². The van der Waals surface area contributed by atoms with Crippen molar-refractivity contribution in [3.8, 4) is 0 Å². The molecule has 0 aromatic heterocycles. The minimum absolute atomic E-state index is 0.0636. The first kappa shape index (κ1) is 8.57. The van der Waals surface area contributed by atoms with Gasteiger partial charge in [0, 0.05) is 11.1 Å². The number of hydrogen-bond acceptors (Lipinski definition) is 1. The molecule has 0 saturated carbocycles. The Morgan fingerprint density at radius 2 is 2.09 bits per heavy atom. The van der Waals surface area contributed by atoms with E-state index in [0.717, 1.165) is 10.6 Å². The summed E-state index contributed by atoms with van der Waals surface area (Å²) >= 11 is 5.81. The van der Waals surface area contributed by atoms with Gasteiger partial charge in [-0.3, -0.25) is 0 Å². The normalized spacial score (nSPS) is 13.1. The minimum atomic E-state index is 0.0636. The average molecular weight is 170 g/mol. The number of benzene rings is 1. The molecular formula is C9H12ClN. The maximum atomic E-state index is 5.81. The summed E-state index contributed by atoms with van der Waals surface area (Å²) in [7, 11) is 0. The second-order valence-electron chi connectivity index (χ2n) is 2.79. The van der Waals surface area contributed by atoms with Crippen LogP contribution in [0.4, 0.5) is 0 Å². The van der Waals surface area contributed by atoms with Gasteiger partial charge in [0.2, 0.25) is 0 Å². The van der Waals surface area contributed by atoms with Gasteiger partial charge in [-0.2, -0.15) is 0 Å². The van der Waals surface area contributed by atoms with Crippen molar-refractivity contribution in [3.05, 3.63) is 34.3 Å². The summed E-state index contributed by atoms with van der Waals surface area (Å²) in [5, 5.41) is 0.753. The first-order chi connectivity index (χ1) is 5.11. The van der Waals surface area contributed by atoms with Gasteiger partial charge in [-0.25, -0.2) is 0 Å². The Bertz CT molecular complexity index is 256. The number of hydrogen-bond donors (Lipinski definition) is 1. The van der Waals surface area contributed by atoms with Gasteiger partial charge in [0.25, 0.3) is 0 Å². The molecule has 0 radical (unpaired) electrons. The second kappa shape index (κ2) is 3.24. The molecule has 2 heteroatoms. The fourth-order valence-corrected chi connectivity index (χ4v) is 1.28. The van der Waals surface area contributed by atoms with E-state index < -0.39 is 0 Å². The summed E-state index contributed by atoms with van der Waals surface area (Å²) in [6.07, 6.45) is 0. The highest BCUT2D eigenvalue weighted by Crippen LogP contribution is 2.19. The van der Waals surface area contributed by atoms with Crippen LogP contribution < -0.4 is 5.73 Å². The van der Waals surface area contributed by atoms with Crippen LogP contribution in [0.15, 0.2) is 18.2 Å². The predicted molar refractivity (Wildman–Crippen MR) is 48.8 cm³/mol. The van der Waals surface area contributed by atoms with E-state index in [9.17, 15) is 0 Å². The molecule has 0 aliphatic rings. The molecule has 0 heterocycles. The van der Waals surface area contributed by atoms with E-state index in [1.807, 2.05) is 32.0 Å². The van der Waals surface area contributed by atoms with E-state index in [-0.39, 0.29) is 6.04 Å². The van der Waals surface area contributed by atoms with E-state index in [0.29, 0.717) is 0 Å². The Hall–Kier alpha value is -0.530.